The molecule has 0 atom stereocenters. The molecule has 1 aliphatic rings. The van der Waals surface area contributed by atoms with Gasteiger partial charge in [0.25, 0.3) is 5.91 Å². The maximum absolute atomic E-state index is 12.1. The van der Waals surface area contributed by atoms with E-state index in [2.05, 4.69) is 15.5 Å². The first-order valence-corrected chi connectivity index (χ1v) is 8.84. The minimum atomic E-state index is -0.327. The number of hydrogen-bond acceptors (Lipinski definition) is 5. The Hall–Kier alpha value is -3.22. The molecular formula is C20H23N3O4. The molecule has 0 spiro atoms. The Morgan fingerprint density at radius 1 is 1.04 bits per heavy atom. The van der Waals surface area contributed by atoms with Crippen molar-refractivity contribution in [1.82, 2.24) is 10.6 Å². The number of carbonyl (C=O) groups excluding carboxylic acids is 2. The summed E-state index contributed by atoms with van der Waals surface area (Å²) < 4.78 is 10.5. The van der Waals surface area contributed by atoms with Crippen molar-refractivity contribution >= 4 is 17.5 Å². The number of ether oxygens (including phenoxy) is 2. The van der Waals surface area contributed by atoms with E-state index in [0.717, 1.165) is 18.7 Å². The lowest BCUT2D eigenvalue weighted by Crippen LogP contribution is -2.37. The molecule has 1 aliphatic heterocycles. The third-order valence-electron chi connectivity index (χ3n) is 4.23. The van der Waals surface area contributed by atoms with Crippen molar-refractivity contribution < 1.29 is 19.1 Å². The molecule has 2 aromatic rings. The van der Waals surface area contributed by atoms with E-state index in [1.807, 2.05) is 37.4 Å². The zero-order valence-electron chi connectivity index (χ0n) is 15.2. The second kappa shape index (κ2) is 8.93. The van der Waals surface area contributed by atoms with Crippen LogP contribution in [0.2, 0.25) is 0 Å². The van der Waals surface area contributed by atoms with Gasteiger partial charge in [0.1, 0.15) is 0 Å². The van der Waals surface area contributed by atoms with Gasteiger partial charge in [0, 0.05) is 31.4 Å². The normalized spacial score (nSPS) is 11.7. The fourth-order valence-corrected chi connectivity index (χ4v) is 2.72. The van der Waals surface area contributed by atoms with Gasteiger partial charge in [-0.1, -0.05) is 18.2 Å². The van der Waals surface area contributed by atoms with Gasteiger partial charge in [0.2, 0.25) is 12.7 Å². The molecule has 2 aromatic carbocycles. The summed E-state index contributed by atoms with van der Waals surface area (Å²) in [6.07, 6.45) is 0.813. The molecule has 0 aromatic heterocycles. The Balaban J connectivity index is 1.34. The minimum Gasteiger partial charge on any atom is -0.454 e. The highest BCUT2D eigenvalue weighted by atomic mass is 16.7. The van der Waals surface area contributed by atoms with E-state index in [0.29, 0.717) is 23.6 Å². The molecule has 0 saturated heterocycles. The molecule has 0 aliphatic carbocycles. The third-order valence-corrected chi connectivity index (χ3v) is 4.23. The molecule has 0 radical (unpaired) electrons. The summed E-state index contributed by atoms with van der Waals surface area (Å²) in [5, 5.41) is 5.42. The molecule has 7 nitrogen and oxygen atoms in total. The van der Waals surface area contributed by atoms with E-state index in [9.17, 15) is 9.59 Å². The average Bonchev–Trinajstić information content (AvgIpc) is 3.17. The number of para-hydroxylation sites is 1. The molecule has 0 unspecified atom stereocenters. The highest BCUT2D eigenvalue weighted by molar-refractivity contribution is 5.97. The summed E-state index contributed by atoms with van der Waals surface area (Å²) in [5.41, 5.74) is 1.57. The van der Waals surface area contributed by atoms with Gasteiger partial charge < -0.3 is 25.0 Å². The van der Waals surface area contributed by atoms with Crippen LogP contribution in [-0.2, 0) is 4.79 Å². The maximum atomic E-state index is 12.1. The fourth-order valence-electron chi connectivity index (χ4n) is 2.72. The number of rotatable bonds is 8. The van der Waals surface area contributed by atoms with Crippen LogP contribution in [0.15, 0.2) is 48.5 Å². The van der Waals surface area contributed by atoms with Crippen LogP contribution in [0.5, 0.6) is 11.5 Å². The summed E-state index contributed by atoms with van der Waals surface area (Å²) in [6.45, 7) is 1.47. The molecular weight excluding hydrogens is 346 g/mol. The Morgan fingerprint density at radius 2 is 1.81 bits per heavy atom. The van der Waals surface area contributed by atoms with E-state index in [1.165, 1.54) is 0 Å². The smallest absolute Gasteiger partial charge is 0.251 e. The maximum Gasteiger partial charge on any atom is 0.251 e. The van der Waals surface area contributed by atoms with Crippen LogP contribution in [0.25, 0.3) is 0 Å². The standard InChI is InChI=1S/C20H23N3O4/c1-23(16-6-3-2-4-7-16)11-5-10-21-19(24)13-22-20(25)15-8-9-17-18(12-15)27-14-26-17/h2-4,6-9,12H,5,10-11,13-14H2,1H3,(H,21,24)(H,22,25). The minimum absolute atomic E-state index is 0.0677. The predicted octanol–water partition coefficient (Wildman–Crippen LogP) is 1.79. The van der Waals surface area contributed by atoms with Crippen LogP contribution in [0.3, 0.4) is 0 Å². The van der Waals surface area contributed by atoms with Crippen molar-refractivity contribution in [2.45, 2.75) is 6.42 Å². The number of anilines is 1. The van der Waals surface area contributed by atoms with Crippen molar-refractivity contribution in [2.24, 2.45) is 0 Å². The summed E-state index contributed by atoms with van der Waals surface area (Å²) in [7, 11) is 2.02. The molecule has 27 heavy (non-hydrogen) atoms. The highest BCUT2D eigenvalue weighted by Crippen LogP contribution is 2.32. The number of nitrogens with zero attached hydrogens (tertiary/aromatic N) is 1. The third kappa shape index (κ3) is 5.13. The topological polar surface area (TPSA) is 79.9 Å². The summed E-state index contributed by atoms with van der Waals surface area (Å²) in [4.78, 5) is 26.2. The van der Waals surface area contributed by atoms with Crippen LogP contribution >= 0.6 is 0 Å². The Bertz CT molecular complexity index is 795. The summed E-state index contributed by atoms with van der Waals surface area (Å²) in [5.74, 6) is 0.609. The van der Waals surface area contributed by atoms with Crippen molar-refractivity contribution in [1.29, 1.82) is 0 Å². The molecule has 0 saturated carbocycles. The van der Waals surface area contributed by atoms with Gasteiger partial charge in [0.15, 0.2) is 11.5 Å². The summed E-state index contributed by atoms with van der Waals surface area (Å²) >= 11 is 0. The number of carbonyl (C=O) groups is 2. The monoisotopic (exact) mass is 369 g/mol. The number of amides is 2. The van der Waals surface area contributed by atoms with E-state index >= 15 is 0 Å². The van der Waals surface area contributed by atoms with Crippen LogP contribution in [0.4, 0.5) is 5.69 Å². The SMILES string of the molecule is CN(CCCNC(=O)CNC(=O)c1ccc2c(c1)OCO2)c1ccccc1. The number of fused-ring (bicyclic) bond motifs is 1. The van der Waals surface area contributed by atoms with E-state index < -0.39 is 0 Å². The quantitative estimate of drug-likeness (QED) is 0.694. The van der Waals surface area contributed by atoms with Crippen LogP contribution in [0, 0.1) is 0 Å². The lowest BCUT2D eigenvalue weighted by atomic mass is 10.2. The van der Waals surface area contributed by atoms with Gasteiger partial charge in [-0.05, 0) is 36.8 Å². The zero-order valence-corrected chi connectivity index (χ0v) is 15.2. The zero-order chi connectivity index (χ0) is 19.1. The number of nitrogens with one attached hydrogen (secondary N) is 2. The van der Waals surface area contributed by atoms with Gasteiger partial charge >= 0.3 is 0 Å². The molecule has 142 valence electrons. The van der Waals surface area contributed by atoms with E-state index in [-0.39, 0.29) is 25.2 Å². The Labute approximate surface area is 158 Å². The molecule has 1 heterocycles. The average molecular weight is 369 g/mol. The predicted molar refractivity (Wildman–Crippen MR) is 102 cm³/mol. The van der Waals surface area contributed by atoms with E-state index in [1.54, 1.807) is 18.2 Å². The molecule has 7 heteroatoms. The van der Waals surface area contributed by atoms with Crippen molar-refractivity contribution in [3.05, 3.63) is 54.1 Å². The Kier molecular flexibility index (Phi) is 6.14. The molecule has 0 bridgehead atoms. The van der Waals surface area contributed by atoms with Gasteiger partial charge in [-0.2, -0.15) is 0 Å². The Morgan fingerprint density at radius 3 is 2.63 bits per heavy atom. The molecule has 0 fully saturated rings. The highest BCUT2D eigenvalue weighted by Gasteiger charge is 2.16. The van der Waals surface area contributed by atoms with Crippen molar-refractivity contribution in [3.8, 4) is 11.5 Å². The first-order valence-electron chi connectivity index (χ1n) is 8.84. The molecule has 2 amide bonds. The van der Waals surface area contributed by atoms with Crippen molar-refractivity contribution in [3.63, 3.8) is 0 Å². The number of benzene rings is 2. The van der Waals surface area contributed by atoms with Crippen LogP contribution in [-0.4, -0.2) is 45.3 Å². The number of hydrogen-bond donors (Lipinski definition) is 2. The van der Waals surface area contributed by atoms with E-state index in [4.69, 9.17) is 9.47 Å². The van der Waals surface area contributed by atoms with Crippen LogP contribution < -0.4 is 25.0 Å². The van der Waals surface area contributed by atoms with Gasteiger partial charge in [-0.3, -0.25) is 9.59 Å². The lowest BCUT2D eigenvalue weighted by molar-refractivity contribution is -0.120. The second-order valence-electron chi connectivity index (χ2n) is 6.21. The largest absolute Gasteiger partial charge is 0.454 e. The fraction of sp³-hybridized carbons (Fsp3) is 0.300. The van der Waals surface area contributed by atoms with Gasteiger partial charge in [-0.25, -0.2) is 0 Å². The van der Waals surface area contributed by atoms with Crippen molar-refractivity contribution in [2.75, 3.05) is 38.4 Å². The summed E-state index contributed by atoms with van der Waals surface area (Å²) in [6, 6.07) is 15.0. The van der Waals surface area contributed by atoms with Crippen LogP contribution in [0.1, 0.15) is 16.8 Å². The first kappa shape index (κ1) is 18.6. The molecule has 2 N–H and O–H groups in total. The molecule has 3 rings (SSSR count). The first-order chi connectivity index (χ1) is 13.1. The van der Waals surface area contributed by atoms with Gasteiger partial charge in [-0.15, -0.1) is 0 Å². The van der Waals surface area contributed by atoms with Gasteiger partial charge in [0.05, 0.1) is 6.54 Å². The second-order valence-corrected chi connectivity index (χ2v) is 6.21. The lowest BCUT2D eigenvalue weighted by Gasteiger charge is -2.19.